The zero-order valence-corrected chi connectivity index (χ0v) is 20.3. The van der Waals surface area contributed by atoms with Gasteiger partial charge in [0.15, 0.2) is 23.8 Å². The molecule has 0 bridgehead atoms. The van der Waals surface area contributed by atoms with Gasteiger partial charge in [0.05, 0.1) is 13.2 Å². The molecular formula is C26H38O8. The lowest BCUT2D eigenvalue weighted by Crippen LogP contribution is -2.62. The first-order valence-electron chi connectivity index (χ1n) is 12.7. The number of allylic oxidation sites excluding steroid dienone is 1. The maximum atomic E-state index is 13.3. The molecule has 4 aliphatic carbocycles. The lowest BCUT2D eigenvalue weighted by molar-refractivity contribution is -0.192. The van der Waals surface area contributed by atoms with Crippen molar-refractivity contribution in [2.45, 2.75) is 89.3 Å². The van der Waals surface area contributed by atoms with Crippen molar-refractivity contribution >= 4 is 11.8 Å². The van der Waals surface area contributed by atoms with Crippen LogP contribution in [0.4, 0.5) is 0 Å². The molecule has 190 valence electrons. The van der Waals surface area contributed by atoms with Crippen LogP contribution in [-0.4, -0.2) is 69.0 Å². The number of hydrogen-bond donors (Lipinski definition) is 4. The number of carboxylic acid groups (broad SMARTS) is 1. The Balaban J connectivity index is 1.44. The average Bonchev–Trinajstić information content (AvgIpc) is 3.34. The first kappa shape index (κ1) is 24.4. The van der Waals surface area contributed by atoms with Crippen molar-refractivity contribution in [3.8, 4) is 0 Å². The van der Waals surface area contributed by atoms with E-state index in [0.717, 1.165) is 32.1 Å². The molecule has 1 saturated heterocycles. The summed E-state index contributed by atoms with van der Waals surface area (Å²) >= 11 is 0. The monoisotopic (exact) mass is 478 g/mol. The summed E-state index contributed by atoms with van der Waals surface area (Å²) in [6.45, 7) is 7.36. The van der Waals surface area contributed by atoms with Gasteiger partial charge in [-0.05, 0) is 61.2 Å². The fraction of sp³-hybridized carbons (Fsp3) is 0.846. The van der Waals surface area contributed by atoms with Crippen molar-refractivity contribution in [2.75, 3.05) is 13.2 Å². The van der Waals surface area contributed by atoms with Crippen LogP contribution in [0.2, 0.25) is 0 Å². The van der Waals surface area contributed by atoms with Crippen molar-refractivity contribution < 1.29 is 39.5 Å². The summed E-state index contributed by atoms with van der Waals surface area (Å²) < 4.78 is 12.0. The molecule has 1 aliphatic heterocycles. The molecule has 4 fully saturated rings. The molecule has 4 N–H and O–H groups in total. The number of ketones is 1. The number of carbonyl (C=O) groups is 2. The normalized spacial score (nSPS) is 46.7. The van der Waals surface area contributed by atoms with E-state index in [1.54, 1.807) is 6.92 Å². The van der Waals surface area contributed by atoms with Crippen LogP contribution in [0, 0.1) is 34.5 Å². The van der Waals surface area contributed by atoms with Gasteiger partial charge in [-0.2, -0.15) is 0 Å². The highest BCUT2D eigenvalue weighted by Gasteiger charge is 2.70. The summed E-state index contributed by atoms with van der Waals surface area (Å²) in [7, 11) is 0. The van der Waals surface area contributed by atoms with Crippen molar-refractivity contribution in [1.29, 1.82) is 0 Å². The third-order valence-corrected chi connectivity index (χ3v) is 10.7. The number of fused-ring (bicyclic) bond motifs is 5. The minimum Gasteiger partial charge on any atom is -0.479 e. The second kappa shape index (κ2) is 7.84. The standard InChI is InChI=1S/C26H38O8/c1-14-12-18-16-5-4-15-13-25(33-10-11-34-25)9-8-23(15,2)17(16)6-7-24(18,3)26(14,32)21(29)19(27)20(28)22(30)31/h4,14,16-20,27-28,32H,5-13H2,1-3H3,(H,30,31)/t14-,16+,17-,18-,19?,20?,23-,24-,26-/m0/s1. The van der Waals surface area contributed by atoms with Crippen molar-refractivity contribution in [2.24, 2.45) is 34.5 Å². The molecular weight excluding hydrogens is 440 g/mol. The highest BCUT2D eigenvalue weighted by Crippen LogP contribution is 2.69. The van der Waals surface area contributed by atoms with Gasteiger partial charge in [0, 0.05) is 18.3 Å². The SMILES string of the molecule is C[C@H]1C[C@H]2[C@@H]3CC=C4CC5(CC[C@]4(C)[C@H]3CC[C@]2(C)[C@@]1(O)C(=O)C(O)C(O)C(=O)O)OCCO5. The predicted octanol–water partition coefficient (Wildman–Crippen LogP) is 2.04. The van der Waals surface area contributed by atoms with E-state index < -0.39 is 46.7 Å². The highest BCUT2D eigenvalue weighted by atomic mass is 16.7. The summed E-state index contributed by atoms with van der Waals surface area (Å²) in [4.78, 5) is 24.5. The summed E-state index contributed by atoms with van der Waals surface area (Å²) in [5.41, 5.74) is -1.24. The number of carbonyl (C=O) groups excluding carboxylic acids is 1. The summed E-state index contributed by atoms with van der Waals surface area (Å²) in [5.74, 6) is -2.79. The molecule has 3 saturated carbocycles. The van der Waals surface area contributed by atoms with Gasteiger partial charge in [-0.25, -0.2) is 4.79 Å². The third-order valence-electron chi connectivity index (χ3n) is 10.7. The Morgan fingerprint density at radius 3 is 2.38 bits per heavy atom. The third kappa shape index (κ3) is 3.08. The van der Waals surface area contributed by atoms with Gasteiger partial charge in [0.2, 0.25) is 0 Å². The second-order valence-electron chi connectivity index (χ2n) is 12.0. The van der Waals surface area contributed by atoms with E-state index in [2.05, 4.69) is 13.0 Å². The van der Waals surface area contributed by atoms with Gasteiger partial charge in [0.1, 0.15) is 5.60 Å². The Kier molecular flexibility index (Phi) is 5.62. The van der Waals surface area contributed by atoms with E-state index in [-0.39, 0.29) is 17.3 Å². The molecule has 0 aromatic rings. The van der Waals surface area contributed by atoms with Crippen LogP contribution in [0.3, 0.4) is 0 Å². The average molecular weight is 479 g/mol. The second-order valence-corrected chi connectivity index (χ2v) is 12.0. The number of carboxylic acids is 1. The van der Waals surface area contributed by atoms with Crippen molar-refractivity contribution in [3.63, 3.8) is 0 Å². The summed E-state index contributed by atoms with van der Waals surface area (Å²) in [6, 6.07) is 0. The minimum absolute atomic E-state index is 0.0256. The molecule has 2 unspecified atom stereocenters. The fourth-order valence-corrected chi connectivity index (χ4v) is 8.72. The number of aliphatic hydroxyl groups excluding tert-OH is 2. The van der Waals surface area contributed by atoms with Crippen LogP contribution in [-0.2, 0) is 19.1 Å². The van der Waals surface area contributed by atoms with Gasteiger partial charge >= 0.3 is 5.97 Å². The molecule has 8 heteroatoms. The molecule has 1 heterocycles. The number of Topliss-reactive ketones (excluding diaryl/α,β-unsaturated/α-hetero) is 1. The predicted molar refractivity (Wildman–Crippen MR) is 120 cm³/mol. The van der Waals surface area contributed by atoms with Gasteiger partial charge < -0.3 is 29.9 Å². The number of aliphatic hydroxyl groups is 3. The summed E-state index contributed by atoms with van der Waals surface area (Å²) in [5, 5.41) is 41.1. The van der Waals surface area contributed by atoms with Crippen LogP contribution < -0.4 is 0 Å². The fourth-order valence-electron chi connectivity index (χ4n) is 8.72. The molecule has 5 aliphatic rings. The Labute approximate surface area is 200 Å². The minimum atomic E-state index is -2.25. The quantitative estimate of drug-likeness (QED) is 0.451. The van der Waals surface area contributed by atoms with Crippen LogP contribution in [0.5, 0.6) is 0 Å². The van der Waals surface area contributed by atoms with E-state index in [0.29, 0.717) is 32.0 Å². The number of rotatable bonds is 4. The molecule has 0 radical (unpaired) electrons. The zero-order chi connectivity index (χ0) is 24.7. The maximum Gasteiger partial charge on any atom is 0.335 e. The highest BCUT2D eigenvalue weighted by molar-refractivity contribution is 5.96. The Hall–Kier alpha value is -1.32. The Morgan fingerprint density at radius 2 is 1.74 bits per heavy atom. The van der Waals surface area contributed by atoms with E-state index in [9.17, 15) is 24.9 Å². The number of ether oxygens (including phenoxy) is 2. The zero-order valence-electron chi connectivity index (χ0n) is 20.3. The van der Waals surface area contributed by atoms with E-state index in [4.69, 9.17) is 14.6 Å². The molecule has 5 rings (SSSR count). The van der Waals surface area contributed by atoms with Crippen LogP contribution in [0.15, 0.2) is 11.6 Å². The van der Waals surface area contributed by atoms with Gasteiger partial charge in [-0.1, -0.05) is 32.4 Å². The number of aliphatic carboxylic acids is 1. The first-order valence-corrected chi connectivity index (χ1v) is 12.7. The lowest BCUT2D eigenvalue weighted by atomic mass is 9.46. The van der Waals surface area contributed by atoms with Crippen molar-refractivity contribution in [1.82, 2.24) is 0 Å². The van der Waals surface area contributed by atoms with Crippen LogP contribution in [0.1, 0.15) is 65.7 Å². The molecule has 1 spiro atoms. The van der Waals surface area contributed by atoms with E-state index in [1.165, 1.54) is 5.57 Å². The lowest BCUT2D eigenvalue weighted by Gasteiger charge is -2.59. The first-order chi connectivity index (χ1) is 15.9. The topological polar surface area (TPSA) is 134 Å². The van der Waals surface area contributed by atoms with E-state index in [1.807, 2.05) is 6.92 Å². The summed E-state index contributed by atoms with van der Waals surface area (Å²) in [6.07, 6.45) is 3.52. The molecule has 34 heavy (non-hydrogen) atoms. The molecule has 8 nitrogen and oxygen atoms in total. The van der Waals surface area contributed by atoms with E-state index >= 15 is 0 Å². The van der Waals surface area contributed by atoms with Crippen LogP contribution >= 0.6 is 0 Å². The molecule has 0 aromatic heterocycles. The molecule has 9 atom stereocenters. The van der Waals surface area contributed by atoms with Crippen molar-refractivity contribution in [3.05, 3.63) is 11.6 Å². The van der Waals surface area contributed by atoms with Gasteiger partial charge in [-0.3, -0.25) is 4.79 Å². The largest absolute Gasteiger partial charge is 0.479 e. The van der Waals surface area contributed by atoms with Crippen LogP contribution in [0.25, 0.3) is 0 Å². The Morgan fingerprint density at radius 1 is 1.06 bits per heavy atom. The smallest absolute Gasteiger partial charge is 0.335 e. The maximum absolute atomic E-state index is 13.3. The Bertz CT molecular complexity index is 908. The molecule has 0 aromatic carbocycles. The number of hydrogen-bond acceptors (Lipinski definition) is 7. The van der Waals surface area contributed by atoms with Gasteiger partial charge in [-0.15, -0.1) is 0 Å². The molecule has 0 amide bonds. The van der Waals surface area contributed by atoms with Gasteiger partial charge in [0.25, 0.3) is 0 Å².